The average Bonchev–Trinajstić information content (AvgIpc) is 3.16. The number of sulfonamides is 1. The van der Waals surface area contributed by atoms with Crippen molar-refractivity contribution in [1.82, 2.24) is 14.2 Å². The van der Waals surface area contributed by atoms with E-state index in [1.807, 2.05) is 18.2 Å². The predicted octanol–water partition coefficient (Wildman–Crippen LogP) is 1.10. The van der Waals surface area contributed by atoms with Crippen LogP contribution >= 0.6 is 0 Å². The second kappa shape index (κ2) is 6.47. The number of nitrogens with zero attached hydrogens (tertiary/aromatic N) is 3. The van der Waals surface area contributed by atoms with Crippen LogP contribution in [0, 0.1) is 0 Å². The summed E-state index contributed by atoms with van der Waals surface area (Å²) in [6.07, 6.45) is 3.48. The van der Waals surface area contributed by atoms with Crippen LogP contribution in [0.5, 0.6) is 0 Å². The van der Waals surface area contributed by atoms with Crippen LogP contribution in [0.2, 0.25) is 0 Å². The summed E-state index contributed by atoms with van der Waals surface area (Å²) >= 11 is 0. The third kappa shape index (κ3) is 3.57. The minimum absolute atomic E-state index is 0.159. The molecule has 0 unspecified atom stereocenters. The highest BCUT2D eigenvalue weighted by molar-refractivity contribution is 7.89. The number of pyridine rings is 1. The van der Waals surface area contributed by atoms with Gasteiger partial charge < -0.3 is 4.74 Å². The lowest BCUT2D eigenvalue weighted by atomic mass is 9.96. The van der Waals surface area contributed by atoms with Crippen molar-refractivity contribution in [3.63, 3.8) is 0 Å². The fourth-order valence-corrected chi connectivity index (χ4v) is 4.66. The Hall–Kier alpha value is -1.02. The third-order valence-corrected chi connectivity index (χ3v) is 6.82. The Morgan fingerprint density at radius 1 is 1.48 bits per heavy atom. The summed E-state index contributed by atoms with van der Waals surface area (Å²) in [5, 5.41) is 0. The van der Waals surface area contributed by atoms with Gasteiger partial charge in [-0.3, -0.25) is 9.88 Å². The van der Waals surface area contributed by atoms with Gasteiger partial charge in [-0.1, -0.05) is 6.07 Å². The van der Waals surface area contributed by atoms with Crippen molar-refractivity contribution < 1.29 is 13.2 Å². The molecule has 7 heteroatoms. The van der Waals surface area contributed by atoms with Gasteiger partial charge in [0.2, 0.25) is 10.0 Å². The molecule has 0 radical (unpaired) electrons. The van der Waals surface area contributed by atoms with Gasteiger partial charge in [-0.25, -0.2) is 8.42 Å². The minimum Gasteiger partial charge on any atom is -0.372 e. The third-order valence-electron chi connectivity index (χ3n) is 4.99. The van der Waals surface area contributed by atoms with Gasteiger partial charge in [0.1, 0.15) is 0 Å². The first-order valence-corrected chi connectivity index (χ1v) is 9.77. The molecule has 6 nitrogen and oxygen atoms in total. The van der Waals surface area contributed by atoms with Crippen LogP contribution < -0.4 is 0 Å². The molecule has 1 aromatic heterocycles. The highest BCUT2D eigenvalue weighted by atomic mass is 32.2. The second-order valence-electron chi connectivity index (χ2n) is 6.57. The molecule has 0 amide bonds. The summed E-state index contributed by atoms with van der Waals surface area (Å²) in [7, 11) is -1.04. The van der Waals surface area contributed by atoms with Gasteiger partial charge in [0, 0.05) is 31.9 Å². The molecule has 2 aliphatic heterocycles. The zero-order chi connectivity index (χ0) is 16.5. The quantitative estimate of drug-likeness (QED) is 0.804. The number of ether oxygens (including phenoxy) is 1. The van der Waals surface area contributed by atoms with E-state index in [9.17, 15) is 8.42 Å². The fraction of sp³-hybridized carbons (Fsp3) is 0.688. The zero-order valence-corrected chi connectivity index (χ0v) is 14.6. The van der Waals surface area contributed by atoms with Crippen LogP contribution in [-0.4, -0.2) is 66.7 Å². The molecule has 23 heavy (non-hydrogen) atoms. The van der Waals surface area contributed by atoms with Crippen LogP contribution in [-0.2, 0) is 21.3 Å². The molecule has 2 atom stereocenters. The van der Waals surface area contributed by atoms with Crippen molar-refractivity contribution in [2.24, 2.45) is 0 Å². The first-order chi connectivity index (χ1) is 10.9. The molecule has 0 N–H and O–H groups in total. The van der Waals surface area contributed by atoms with Gasteiger partial charge in [-0.05, 0) is 38.9 Å². The SMILES string of the molecule is CCS(=O)(=O)N1CC[C@@]2(C[C@@H](N(C)Cc3ccccn3)CO2)C1. The molecule has 0 bridgehead atoms. The van der Waals surface area contributed by atoms with Crippen molar-refractivity contribution >= 4 is 10.0 Å². The van der Waals surface area contributed by atoms with Crippen LogP contribution in [0.4, 0.5) is 0 Å². The molecule has 1 aromatic rings. The van der Waals surface area contributed by atoms with E-state index >= 15 is 0 Å². The van der Waals surface area contributed by atoms with Gasteiger partial charge in [-0.15, -0.1) is 0 Å². The number of aromatic nitrogens is 1. The number of hydrogen-bond donors (Lipinski definition) is 0. The molecule has 128 valence electrons. The van der Waals surface area contributed by atoms with Gasteiger partial charge in [0.05, 0.1) is 23.7 Å². The van der Waals surface area contributed by atoms with E-state index in [2.05, 4.69) is 16.9 Å². The largest absolute Gasteiger partial charge is 0.372 e. The molecule has 1 spiro atoms. The van der Waals surface area contributed by atoms with Gasteiger partial charge >= 0.3 is 0 Å². The Bertz CT molecular complexity index is 637. The predicted molar refractivity (Wildman–Crippen MR) is 88.4 cm³/mol. The first-order valence-electron chi connectivity index (χ1n) is 8.16. The van der Waals surface area contributed by atoms with Crippen LogP contribution in [0.25, 0.3) is 0 Å². The Kier molecular flexibility index (Phi) is 4.73. The second-order valence-corrected chi connectivity index (χ2v) is 8.83. The smallest absolute Gasteiger partial charge is 0.213 e. The van der Waals surface area contributed by atoms with E-state index in [0.717, 1.165) is 25.1 Å². The van der Waals surface area contributed by atoms with Crippen molar-refractivity contribution in [2.75, 3.05) is 32.5 Å². The van der Waals surface area contributed by atoms with E-state index in [1.54, 1.807) is 17.4 Å². The molecule has 0 aliphatic carbocycles. The molecule has 3 heterocycles. The Morgan fingerprint density at radius 2 is 2.30 bits per heavy atom. The summed E-state index contributed by atoms with van der Waals surface area (Å²) in [5.74, 6) is 0.159. The molecule has 2 aliphatic rings. The minimum atomic E-state index is -3.12. The van der Waals surface area contributed by atoms with E-state index in [0.29, 0.717) is 25.7 Å². The van der Waals surface area contributed by atoms with Gasteiger partial charge in [0.15, 0.2) is 0 Å². The Balaban J connectivity index is 1.60. The highest BCUT2D eigenvalue weighted by Crippen LogP contribution is 2.37. The van der Waals surface area contributed by atoms with E-state index in [-0.39, 0.29) is 11.4 Å². The van der Waals surface area contributed by atoms with E-state index in [1.165, 1.54) is 0 Å². The van der Waals surface area contributed by atoms with Crippen molar-refractivity contribution in [2.45, 2.75) is 38.0 Å². The number of likely N-dealkylation sites (N-methyl/N-ethyl adjacent to an activating group) is 1. The lowest BCUT2D eigenvalue weighted by molar-refractivity contribution is 0.0153. The van der Waals surface area contributed by atoms with Gasteiger partial charge in [-0.2, -0.15) is 4.31 Å². The van der Waals surface area contributed by atoms with Gasteiger partial charge in [0.25, 0.3) is 0 Å². The van der Waals surface area contributed by atoms with Crippen molar-refractivity contribution in [3.8, 4) is 0 Å². The maximum atomic E-state index is 12.0. The molecule has 0 aromatic carbocycles. The average molecular weight is 339 g/mol. The summed E-state index contributed by atoms with van der Waals surface area (Å²) < 4.78 is 31.8. The fourth-order valence-electron chi connectivity index (χ4n) is 3.49. The summed E-state index contributed by atoms with van der Waals surface area (Å²) in [5.41, 5.74) is 0.739. The number of hydrogen-bond acceptors (Lipinski definition) is 5. The lowest BCUT2D eigenvalue weighted by Crippen LogP contribution is -2.38. The maximum absolute atomic E-state index is 12.0. The van der Waals surface area contributed by atoms with Crippen molar-refractivity contribution in [1.29, 1.82) is 0 Å². The normalized spacial score (nSPS) is 28.9. The molecule has 2 fully saturated rings. The maximum Gasteiger partial charge on any atom is 0.213 e. The topological polar surface area (TPSA) is 62.7 Å². The lowest BCUT2D eigenvalue weighted by Gasteiger charge is -2.25. The van der Waals surface area contributed by atoms with E-state index in [4.69, 9.17) is 4.74 Å². The standard InChI is InChI=1S/C16H25N3O3S/c1-3-23(20,21)19-9-7-16(13-19)10-15(12-22-16)18(2)11-14-6-4-5-8-17-14/h4-6,8,15H,3,7,9-13H2,1-2H3/t15-,16-/m1/s1. The summed E-state index contributed by atoms with van der Waals surface area (Å²) in [4.78, 5) is 6.62. The van der Waals surface area contributed by atoms with Crippen molar-refractivity contribution in [3.05, 3.63) is 30.1 Å². The van der Waals surface area contributed by atoms with Crippen LogP contribution in [0.15, 0.2) is 24.4 Å². The summed E-state index contributed by atoms with van der Waals surface area (Å²) in [6.45, 7) is 4.20. The van der Waals surface area contributed by atoms with Crippen LogP contribution in [0.3, 0.4) is 0 Å². The molecule has 2 saturated heterocycles. The molecule has 3 rings (SSSR count). The first kappa shape index (κ1) is 16.8. The summed E-state index contributed by atoms with van der Waals surface area (Å²) in [6, 6.07) is 6.24. The zero-order valence-electron chi connectivity index (χ0n) is 13.8. The highest BCUT2D eigenvalue weighted by Gasteiger charge is 2.48. The molecular formula is C16H25N3O3S. The molecular weight excluding hydrogens is 314 g/mol. The Morgan fingerprint density at radius 3 is 3.00 bits per heavy atom. The monoisotopic (exact) mass is 339 g/mol. The Labute approximate surface area is 138 Å². The molecule has 0 saturated carbocycles. The van der Waals surface area contributed by atoms with Crippen LogP contribution in [0.1, 0.15) is 25.5 Å². The van der Waals surface area contributed by atoms with E-state index < -0.39 is 10.0 Å². The number of rotatable bonds is 5.